The average molecular weight is 1270 g/mol. The number of unbranched alkanes of at least 4 members (excludes halogenated alkanes) is 2. The molecule has 1 aromatic heterocycles. The molecule has 7 rings (SSSR count). The summed E-state index contributed by atoms with van der Waals surface area (Å²) in [7, 11) is -5.35. The lowest BCUT2D eigenvalue weighted by molar-refractivity contribution is -0.148. The van der Waals surface area contributed by atoms with E-state index in [-0.39, 0.29) is 5.56 Å². The number of rotatable bonds is 26. The first-order valence-electron chi connectivity index (χ1n) is 28.1. The fraction of sp³-hybridized carbons (Fsp3) is 0.482. The zero-order chi connectivity index (χ0) is 65.5. The number of phenols is 1. The molecule has 33 heteroatoms. The molecular formula is C56H71N9O23S. The molecule has 3 fully saturated rings. The fourth-order valence-corrected chi connectivity index (χ4v) is 11.0. The van der Waals surface area contributed by atoms with Crippen molar-refractivity contribution in [2.45, 2.75) is 145 Å². The monoisotopic (exact) mass is 1270 g/mol. The molecule has 8 amide bonds. The highest BCUT2D eigenvalue weighted by Crippen LogP contribution is 2.34. The molecule has 3 saturated heterocycles. The van der Waals surface area contributed by atoms with Crippen LogP contribution >= 0.6 is 0 Å². The van der Waals surface area contributed by atoms with Crippen LogP contribution in [0.1, 0.15) is 81.3 Å². The van der Waals surface area contributed by atoms with E-state index in [4.69, 9.17) is 20.7 Å². The van der Waals surface area contributed by atoms with E-state index in [0.29, 0.717) is 61.8 Å². The molecule has 484 valence electrons. The lowest BCUT2D eigenvalue weighted by Gasteiger charge is -2.34. The summed E-state index contributed by atoms with van der Waals surface area (Å²) in [5.41, 5.74) is 11.7. The summed E-state index contributed by atoms with van der Waals surface area (Å²) in [5, 5.41) is 110. The van der Waals surface area contributed by atoms with Gasteiger partial charge in [0.15, 0.2) is 23.5 Å². The molecule has 32 nitrogen and oxygen atoms in total. The van der Waals surface area contributed by atoms with Gasteiger partial charge in [-0.3, -0.25) is 47.8 Å². The molecule has 0 spiro atoms. The topological polar surface area (TPSA) is 515 Å². The molecule has 3 aliphatic rings. The van der Waals surface area contributed by atoms with Crippen LogP contribution in [0.5, 0.6) is 17.2 Å². The van der Waals surface area contributed by atoms with E-state index >= 15 is 0 Å². The summed E-state index contributed by atoms with van der Waals surface area (Å²) in [6.07, 6.45) is -15.4. The zero-order valence-corrected chi connectivity index (χ0v) is 48.9. The van der Waals surface area contributed by atoms with Gasteiger partial charge in [-0.15, -0.1) is 0 Å². The highest BCUT2D eigenvalue weighted by molar-refractivity contribution is 7.81. The minimum atomic E-state index is -5.35. The van der Waals surface area contributed by atoms with Crippen molar-refractivity contribution in [3.05, 3.63) is 83.9 Å². The number of benzene rings is 3. The second kappa shape index (κ2) is 28.8. The van der Waals surface area contributed by atoms with Gasteiger partial charge in [-0.05, 0) is 67.4 Å². The number of aromatic nitrogens is 1. The molecule has 3 unspecified atom stereocenters. The van der Waals surface area contributed by atoms with Crippen molar-refractivity contribution < 1.29 is 111 Å². The molecule has 4 heterocycles. The molecule has 3 aliphatic heterocycles. The third kappa shape index (κ3) is 16.1. The van der Waals surface area contributed by atoms with E-state index in [1.165, 1.54) is 31.2 Å². The first-order chi connectivity index (χ1) is 41.9. The number of phenolic OH excluding ortho intramolecular Hbond substituents is 1. The SMILES string of the molecule is CCCCCOc1ccc(-c2cc(-c3ccc(C(=O)N4C(C(=O)N[C@H](C(=O)N5C[C@H](O)C[C@H]5C(=O)N[C@H](C(=O)N[C@H](C(=O)N5C[C@H](C)C(O)[C@H]5C(N)=O)[C@H](O)CC(N)=O)[C@H](O)[C@@H](O)c5ccc(O)c(OS(=O)(=O)O)c5)[C@@H](C)O)C[C@H](O)C4O)cc3)no2)cc1. The standard InChI is InChI=1S/C56H71N9O23S/c1-4-5-6-17-86-32-14-11-28(12-15-32)39-20-33(62-87-39)27-7-9-29(10-8-27)53(79)65-35(21-38(70)54(65)80)51(77)59-42(26(3)66)55(81)63-24-31(67)19-34(63)50(76)61-44(48(74)47(73)30-13-16-36(68)40(18-30)88-89(83,84)85)52(78)60-43(37(69)22-41(57)71)56(82)64-23-25(2)46(72)45(64)49(58)75/h7-16,18,20,25-26,31,34-35,37-38,42-48,54,66-70,72-74,80H,4-6,17,19,21-24H2,1-3H3,(H2,57,71)(H2,58,75)(H,59,77)(H,60,78)(H,61,76)(H,83,84,85)/t25-,26+,31+,34-,35?,37+,38-,42-,43-,44-,45-,46?,47-,48-,54?/m0/s1. The predicted octanol–water partition coefficient (Wildman–Crippen LogP) is -3.82. The number of amides is 8. The minimum absolute atomic E-state index is 0.0774. The summed E-state index contributed by atoms with van der Waals surface area (Å²) in [6, 6.07) is 4.39. The lowest BCUT2D eigenvalue weighted by atomic mass is 9.96. The number of β-amino-alcohol motifs (C(OH)–C–C–N with tert-alkyl or cyclic N) is 1. The third-order valence-electron chi connectivity index (χ3n) is 15.4. The number of likely N-dealkylation sites (tertiary alicyclic amines) is 3. The maximum absolute atomic E-state index is 14.5. The quantitative estimate of drug-likeness (QED) is 0.0212. The number of hydrogen-bond donors (Lipinski definition) is 15. The number of hydrogen-bond acceptors (Lipinski definition) is 23. The molecule has 0 saturated carbocycles. The van der Waals surface area contributed by atoms with Crippen molar-refractivity contribution in [2.75, 3.05) is 19.7 Å². The molecule has 15 atom stereocenters. The molecule has 0 bridgehead atoms. The van der Waals surface area contributed by atoms with Crippen LogP contribution in [0.2, 0.25) is 0 Å². The zero-order valence-electron chi connectivity index (χ0n) is 48.1. The molecule has 4 aromatic rings. The Labute approximate surface area is 507 Å². The Morgan fingerprint density at radius 1 is 0.775 bits per heavy atom. The highest BCUT2D eigenvalue weighted by atomic mass is 32.3. The smallest absolute Gasteiger partial charge is 0.446 e. The van der Waals surface area contributed by atoms with Gasteiger partial charge in [0, 0.05) is 54.6 Å². The summed E-state index contributed by atoms with van der Waals surface area (Å²) in [5.74, 6) is -12.1. The molecule has 3 aromatic carbocycles. The molecule has 0 radical (unpaired) electrons. The lowest BCUT2D eigenvalue weighted by Crippen LogP contribution is -2.64. The van der Waals surface area contributed by atoms with Crippen molar-refractivity contribution in [3.63, 3.8) is 0 Å². The second-order valence-electron chi connectivity index (χ2n) is 22.0. The highest BCUT2D eigenvalue weighted by Gasteiger charge is 2.51. The van der Waals surface area contributed by atoms with Gasteiger partial charge < -0.3 is 96.6 Å². The minimum Gasteiger partial charge on any atom is -0.504 e. The number of aromatic hydroxyl groups is 1. The Bertz CT molecular complexity index is 3350. The molecule has 89 heavy (non-hydrogen) atoms. The van der Waals surface area contributed by atoms with Gasteiger partial charge in [0.1, 0.15) is 66.0 Å². The maximum Gasteiger partial charge on any atom is 0.446 e. The van der Waals surface area contributed by atoms with Crippen LogP contribution in [0.4, 0.5) is 0 Å². The van der Waals surface area contributed by atoms with Crippen LogP contribution in [0, 0.1) is 5.92 Å². The van der Waals surface area contributed by atoms with Crippen molar-refractivity contribution in [2.24, 2.45) is 17.4 Å². The number of nitrogens with one attached hydrogen (secondary N) is 3. The van der Waals surface area contributed by atoms with E-state index in [9.17, 15) is 97.3 Å². The summed E-state index contributed by atoms with van der Waals surface area (Å²) in [4.78, 5) is 113. The number of aliphatic hydroxyl groups excluding tert-OH is 8. The number of nitrogens with two attached hydrogens (primary N) is 2. The summed E-state index contributed by atoms with van der Waals surface area (Å²) < 4.78 is 48.1. The largest absolute Gasteiger partial charge is 0.504 e. The van der Waals surface area contributed by atoms with E-state index in [0.717, 1.165) is 32.3 Å². The third-order valence-corrected chi connectivity index (χ3v) is 15.8. The Kier molecular flexibility index (Phi) is 22.1. The van der Waals surface area contributed by atoms with Gasteiger partial charge in [-0.2, -0.15) is 8.42 Å². The van der Waals surface area contributed by atoms with Crippen LogP contribution in [0.15, 0.2) is 77.3 Å². The predicted molar refractivity (Wildman–Crippen MR) is 304 cm³/mol. The van der Waals surface area contributed by atoms with Crippen molar-refractivity contribution in [1.29, 1.82) is 0 Å². The van der Waals surface area contributed by atoms with Crippen LogP contribution in [0.25, 0.3) is 22.6 Å². The van der Waals surface area contributed by atoms with Crippen molar-refractivity contribution in [3.8, 4) is 39.8 Å². The summed E-state index contributed by atoms with van der Waals surface area (Å²) in [6.45, 7) is 3.99. The fourth-order valence-electron chi connectivity index (χ4n) is 10.7. The van der Waals surface area contributed by atoms with E-state index in [2.05, 4.69) is 26.9 Å². The van der Waals surface area contributed by atoms with Crippen molar-refractivity contribution in [1.82, 2.24) is 35.8 Å². The molecule has 0 aliphatic carbocycles. The van der Waals surface area contributed by atoms with E-state index in [1.807, 2.05) is 17.4 Å². The first kappa shape index (κ1) is 68.1. The van der Waals surface area contributed by atoms with Crippen LogP contribution in [-0.2, 0) is 44.0 Å². The van der Waals surface area contributed by atoms with Gasteiger partial charge in [-0.1, -0.05) is 50.0 Å². The molecular weight excluding hydrogens is 1200 g/mol. The average Bonchev–Trinajstić information content (AvgIpc) is 2.86. The van der Waals surface area contributed by atoms with Gasteiger partial charge in [0.05, 0.1) is 37.4 Å². The van der Waals surface area contributed by atoms with Crippen molar-refractivity contribution >= 4 is 57.7 Å². The van der Waals surface area contributed by atoms with Gasteiger partial charge in [-0.25, -0.2) is 0 Å². The Hall–Kier alpha value is -8.38. The Morgan fingerprint density at radius 2 is 1.40 bits per heavy atom. The van der Waals surface area contributed by atoms with E-state index in [1.54, 1.807) is 18.2 Å². The number of nitrogens with zero attached hydrogens (tertiary/aromatic N) is 4. The van der Waals surface area contributed by atoms with Crippen LogP contribution in [0.3, 0.4) is 0 Å². The Morgan fingerprint density at radius 3 is 2.02 bits per heavy atom. The normalized spacial score (nSPS) is 23.3. The number of ether oxygens (including phenoxy) is 1. The van der Waals surface area contributed by atoms with E-state index < -0.39 is 198 Å². The second-order valence-corrected chi connectivity index (χ2v) is 23.0. The van der Waals surface area contributed by atoms with Gasteiger partial charge in [0.2, 0.25) is 41.4 Å². The Balaban J connectivity index is 1.11. The number of primary amides is 2. The molecule has 17 N–H and O–H groups in total. The summed E-state index contributed by atoms with van der Waals surface area (Å²) >= 11 is 0. The number of aliphatic hydroxyl groups is 8. The van der Waals surface area contributed by atoms with Gasteiger partial charge in [0.25, 0.3) is 5.91 Å². The maximum atomic E-state index is 14.5. The number of carbonyl (C=O) groups excluding carboxylic acids is 8. The van der Waals surface area contributed by atoms with Gasteiger partial charge >= 0.3 is 10.4 Å². The number of carbonyl (C=O) groups is 8. The first-order valence-corrected chi connectivity index (χ1v) is 29.4. The van der Waals surface area contributed by atoms with Crippen LogP contribution < -0.4 is 36.3 Å². The van der Waals surface area contributed by atoms with Crippen LogP contribution in [-0.4, -0.2) is 225 Å².